The normalized spacial score (nSPS) is 11.8. The Labute approximate surface area is 130 Å². The fraction of sp³-hybridized carbons (Fsp3) is 0.533. The van der Waals surface area contributed by atoms with Gasteiger partial charge in [-0.15, -0.1) is 0 Å². The van der Waals surface area contributed by atoms with Gasteiger partial charge in [0.05, 0.1) is 6.42 Å². The SMILES string of the molecule is C=CCOC(=O)C[C@@H](NC(=O)OC(C)(C)C)C(=O)OCC=C. The number of hydrogen-bond donors (Lipinski definition) is 1. The van der Waals surface area contributed by atoms with Crippen LogP contribution in [0.5, 0.6) is 0 Å². The van der Waals surface area contributed by atoms with Crippen LogP contribution in [0.25, 0.3) is 0 Å². The van der Waals surface area contributed by atoms with Gasteiger partial charge in [0.1, 0.15) is 24.9 Å². The van der Waals surface area contributed by atoms with Gasteiger partial charge in [-0.3, -0.25) is 4.79 Å². The number of amides is 1. The highest BCUT2D eigenvalue weighted by atomic mass is 16.6. The lowest BCUT2D eigenvalue weighted by molar-refractivity contribution is -0.151. The van der Waals surface area contributed by atoms with Crippen LogP contribution in [-0.2, 0) is 23.8 Å². The molecule has 0 aromatic rings. The predicted molar refractivity (Wildman–Crippen MR) is 80.1 cm³/mol. The smallest absolute Gasteiger partial charge is 0.408 e. The van der Waals surface area contributed by atoms with Crippen molar-refractivity contribution in [2.45, 2.75) is 38.8 Å². The Morgan fingerprint density at radius 2 is 1.64 bits per heavy atom. The third-order valence-electron chi connectivity index (χ3n) is 2.05. The lowest BCUT2D eigenvalue weighted by Gasteiger charge is -2.22. The average molecular weight is 313 g/mol. The van der Waals surface area contributed by atoms with E-state index in [9.17, 15) is 14.4 Å². The average Bonchev–Trinajstić information content (AvgIpc) is 2.39. The van der Waals surface area contributed by atoms with E-state index in [0.717, 1.165) is 0 Å². The molecule has 124 valence electrons. The van der Waals surface area contributed by atoms with Gasteiger partial charge in [0.25, 0.3) is 0 Å². The second-order valence-electron chi connectivity index (χ2n) is 5.29. The molecule has 0 aromatic heterocycles. The van der Waals surface area contributed by atoms with Crippen molar-refractivity contribution in [2.24, 2.45) is 0 Å². The lowest BCUT2D eigenvalue weighted by Crippen LogP contribution is -2.45. The first-order chi connectivity index (χ1) is 10.2. The van der Waals surface area contributed by atoms with Crippen LogP contribution in [0.4, 0.5) is 4.79 Å². The Morgan fingerprint density at radius 1 is 1.09 bits per heavy atom. The van der Waals surface area contributed by atoms with Crippen molar-refractivity contribution in [1.29, 1.82) is 0 Å². The van der Waals surface area contributed by atoms with Crippen molar-refractivity contribution in [2.75, 3.05) is 13.2 Å². The fourth-order valence-electron chi connectivity index (χ4n) is 1.26. The zero-order valence-corrected chi connectivity index (χ0v) is 13.2. The molecule has 0 aromatic carbocycles. The number of rotatable bonds is 8. The maximum absolute atomic E-state index is 11.8. The van der Waals surface area contributed by atoms with Crippen molar-refractivity contribution in [1.82, 2.24) is 5.32 Å². The molecule has 7 heteroatoms. The van der Waals surface area contributed by atoms with Crippen LogP contribution in [0.2, 0.25) is 0 Å². The zero-order valence-electron chi connectivity index (χ0n) is 13.2. The lowest BCUT2D eigenvalue weighted by atomic mass is 10.2. The first-order valence-electron chi connectivity index (χ1n) is 6.73. The first kappa shape index (κ1) is 19.7. The molecule has 0 bridgehead atoms. The van der Waals surface area contributed by atoms with Gasteiger partial charge < -0.3 is 19.5 Å². The van der Waals surface area contributed by atoms with E-state index in [2.05, 4.69) is 18.5 Å². The standard InChI is InChI=1S/C15H23NO6/c1-6-8-20-12(17)10-11(13(18)21-9-7-2)16-14(19)22-15(3,4)5/h6-7,11H,1-2,8-10H2,3-5H3,(H,16,19)/t11-/m1/s1. The van der Waals surface area contributed by atoms with Gasteiger partial charge in [-0.05, 0) is 20.8 Å². The van der Waals surface area contributed by atoms with E-state index in [1.54, 1.807) is 20.8 Å². The number of carbonyl (C=O) groups is 3. The highest BCUT2D eigenvalue weighted by Crippen LogP contribution is 2.08. The van der Waals surface area contributed by atoms with Crippen LogP contribution in [0, 0.1) is 0 Å². The Kier molecular flexibility index (Phi) is 8.59. The van der Waals surface area contributed by atoms with Gasteiger partial charge in [0.2, 0.25) is 0 Å². The molecule has 0 saturated carbocycles. The number of esters is 2. The molecule has 22 heavy (non-hydrogen) atoms. The van der Waals surface area contributed by atoms with Crippen molar-refractivity contribution >= 4 is 18.0 Å². The van der Waals surface area contributed by atoms with Crippen LogP contribution < -0.4 is 5.32 Å². The minimum atomic E-state index is -1.20. The Hall–Kier alpha value is -2.31. The molecule has 0 fully saturated rings. The molecule has 1 atom stereocenters. The molecule has 0 saturated heterocycles. The summed E-state index contributed by atoms with van der Waals surface area (Å²) in [7, 11) is 0. The van der Waals surface area contributed by atoms with E-state index in [4.69, 9.17) is 14.2 Å². The molecule has 1 amide bonds. The Morgan fingerprint density at radius 3 is 2.14 bits per heavy atom. The van der Waals surface area contributed by atoms with Gasteiger partial charge in [-0.2, -0.15) is 0 Å². The molecule has 0 aliphatic heterocycles. The highest BCUT2D eigenvalue weighted by molar-refractivity contribution is 5.86. The monoisotopic (exact) mass is 313 g/mol. The summed E-state index contributed by atoms with van der Waals surface area (Å²) in [5, 5.41) is 2.29. The molecule has 0 heterocycles. The second kappa shape index (κ2) is 9.59. The maximum atomic E-state index is 11.8. The second-order valence-corrected chi connectivity index (χ2v) is 5.29. The van der Waals surface area contributed by atoms with Crippen LogP contribution in [-0.4, -0.2) is 42.9 Å². The third-order valence-corrected chi connectivity index (χ3v) is 2.05. The van der Waals surface area contributed by atoms with E-state index in [-0.39, 0.29) is 19.6 Å². The molecule has 0 aliphatic rings. The summed E-state index contributed by atoms with van der Waals surface area (Å²) in [6.45, 7) is 11.8. The minimum Gasteiger partial charge on any atom is -0.461 e. The van der Waals surface area contributed by atoms with Crippen molar-refractivity contribution in [3.63, 3.8) is 0 Å². The molecular weight excluding hydrogens is 290 g/mol. The van der Waals surface area contributed by atoms with Crippen LogP contribution >= 0.6 is 0 Å². The van der Waals surface area contributed by atoms with Crippen LogP contribution in [0.1, 0.15) is 27.2 Å². The van der Waals surface area contributed by atoms with E-state index in [1.807, 2.05) is 0 Å². The minimum absolute atomic E-state index is 0.0136. The molecule has 0 radical (unpaired) electrons. The van der Waals surface area contributed by atoms with E-state index >= 15 is 0 Å². The predicted octanol–water partition coefficient (Wildman–Crippen LogP) is 1.73. The summed E-state index contributed by atoms with van der Waals surface area (Å²) >= 11 is 0. The van der Waals surface area contributed by atoms with Crippen LogP contribution in [0.15, 0.2) is 25.3 Å². The molecule has 0 aliphatic carbocycles. The van der Waals surface area contributed by atoms with Crippen molar-refractivity contribution in [3.8, 4) is 0 Å². The molecule has 0 unspecified atom stereocenters. The van der Waals surface area contributed by atoms with Gasteiger partial charge in [0, 0.05) is 0 Å². The summed E-state index contributed by atoms with van der Waals surface area (Å²) in [6.07, 6.45) is 1.57. The molecule has 0 spiro atoms. The number of hydrogen-bond acceptors (Lipinski definition) is 6. The van der Waals surface area contributed by atoms with Gasteiger partial charge in [0.15, 0.2) is 0 Å². The van der Waals surface area contributed by atoms with E-state index < -0.39 is 29.7 Å². The summed E-state index contributed by atoms with van der Waals surface area (Å²) in [5.74, 6) is -1.45. The Bertz CT molecular complexity index is 424. The van der Waals surface area contributed by atoms with Gasteiger partial charge in [-0.1, -0.05) is 25.3 Å². The summed E-state index contributed by atoms with van der Waals surface area (Å²) < 4.78 is 14.7. The quantitative estimate of drug-likeness (QED) is 0.417. The number of ether oxygens (including phenoxy) is 3. The topological polar surface area (TPSA) is 90.9 Å². The zero-order chi connectivity index (χ0) is 17.2. The molecule has 7 nitrogen and oxygen atoms in total. The van der Waals surface area contributed by atoms with Crippen molar-refractivity contribution in [3.05, 3.63) is 25.3 Å². The third kappa shape index (κ3) is 9.57. The van der Waals surface area contributed by atoms with Gasteiger partial charge >= 0.3 is 18.0 Å². The highest BCUT2D eigenvalue weighted by Gasteiger charge is 2.28. The molecule has 1 N–H and O–H groups in total. The number of nitrogens with one attached hydrogen (secondary N) is 1. The van der Waals surface area contributed by atoms with Crippen LogP contribution in [0.3, 0.4) is 0 Å². The summed E-state index contributed by atoms with van der Waals surface area (Å²) in [4.78, 5) is 35.1. The number of alkyl carbamates (subject to hydrolysis) is 1. The molecular formula is C15H23NO6. The largest absolute Gasteiger partial charge is 0.461 e. The maximum Gasteiger partial charge on any atom is 0.408 e. The number of carbonyl (C=O) groups excluding carboxylic acids is 3. The van der Waals surface area contributed by atoms with E-state index in [0.29, 0.717) is 0 Å². The summed E-state index contributed by atoms with van der Waals surface area (Å²) in [6, 6.07) is -1.20. The van der Waals surface area contributed by atoms with E-state index in [1.165, 1.54) is 12.2 Å². The fourth-order valence-corrected chi connectivity index (χ4v) is 1.26. The molecule has 0 rings (SSSR count). The first-order valence-corrected chi connectivity index (χ1v) is 6.73. The Balaban J connectivity index is 4.73. The van der Waals surface area contributed by atoms with Gasteiger partial charge in [-0.25, -0.2) is 9.59 Å². The summed E-state index contributed by atoms with van der Waals surface area (Å²) in [5.41, 5.74) is -0.733. The van der Waals surface area contributed by atoms with Crippen molar-refractivity contribution < 1.29 is 28.6 Å².